The van der Waals surface area contributed by atoms with Crippen LogP contribution in [0.4, 0.5) is 5.69 Å². The molecule has 0 spiro atoms. The van der Waals surface area contributed by atoms with Crippen molar-refractivity contribution >= 4 is 17.4 Å². The van der Waals surface area contributed by atoms with Crippen molar-refractivity contribution in [3.63, 3.8) is 0 Å². The highest BCUT2D eigenvalue weighted by Crippen LogP contribution is 2.74. The van der Waals surface area contributed by atoms with Gasteiger partial charge in [-0.1, -0.05) is 48.5 Å². The van der Waals surface area contributed by atoms with E-state index in [1.165, 1.54) is 6.92 Å². The molecule has 0 radical (unpaired) electrons. The largest absolute Gasteiger partial charge is 0.465 e. The number of Topliss-reactive ketones (excluding diaryl/α,β-unsaturated/α-hetero) is 1. The summed E-state index contributed by atoms with van der Waals surface area (Å²) in [6.45, 7) is 3.48. The van der Waals surface area contributed by atoms with Gasteiger partial charge in [0.25, 0.3) is 0 Å². The lowest BCUT2D eigenvalue weighted by atomic mass is 9.88. The minimum atomic E-state index is -1.23. The van der Waals surface area contributed by atoms with Crippen LogP contribution in [-0.4, -0.2) is 23.9 Å². The van der Waals surface area contributed by atoms with Gasteiger partial charge >= 0.3 is 5.97 Å². The maximum Gasteiger partial charge on any atom is 0.320 e. The number of azo groups is 1. The number of ketones is 1. The zero-order valence-electron chi connectivity index (χ0n) is 14.1. The van der Waals surface area contributed by atoms with E-state index in [4.69, 9.17) is 4.74 Å². The molecule has 5 heteroatoms. The van der Waals surface area contributed by atoms with E-state index in [0.717, 1.165) is 11.1 Å². The molecule has 0 saturated heterocycles. The molecule has 126 valence electrons. The van der Waals surface area contributed by atoms with Gasteiger partial charge in [0, 0.05) is 5.92 Å². The van der Waals surface area contributed by atoms with Gasteiger partial charge in [0.2, 0.25) is 0 Å². The zero-order chi connectivity index (χ0) is 17.7. The molecule has 2 aromatic carbocycles. The second kappa shape index (κ2) is 5.34. The molecule has 0 N–H and O–H groups in total. The summed E-state index contributed by atoms with van der Waals surface area (Å²) in [5.41, 5.74) is -0.0818. The summed E-state index contributed by atoms with van der Waals surface area (Å²) in [6, 6.07) is 16.8. The Bertz CT molecular complexity index is 893. The van der Waals surface area contributed by atoms with Crippen LogP contribution in [0.5, 0.6) is 0 Å². The SMILES string of the molecule is CCOC(=O)[C@@]1(c2ccccc2)C2c3ccccc3N=NC21C(C)=O. The number of hydrogen-bond acceptors (Lipinski definition) is 5. The van der Waals surface area contributed by atoms with Crippen LogP contribution in [-0.2, 0) is 19.7 Å². The molecule has 1 saturated carbocycles. The Kier molecular flexibility index (Phi) is 3.35. The van der Waals surface area contributed by atoms with Crippen LogP contribution in [0.3, 0.4) is 0 Å². The van der Waals surface area contributed by atoms with Gasteiger partial charge < -0.3 is 4.74 Å². The monoisotopic (exact) mass is 334 g/mol. The normalized spacial score (nSPS) is 28.6. The second-order valence-corrected chi connectivity index (χ2v) is 6.41. The fourth-order valence-corrected chi connectivity index (χ4v) is 4.29. The number of ether oxygens (including phenoxy) is 1. The molecular weight excluding hydrogens is 316 g/mol. The molecule has 25 heavy (non-hydrogen) atoms. The van der Waals surface area contributed by atoms with E-state index in [0.29, 0.717) is 5.69 Å². The smallest absolute Gasteiger partial charge is 0.320 e. The molecule has 1 heterocycles. The molecule has 0 aromatic heterocycles. The highest BCUT2D eigenvalue weighted by atomic mass is 16.5. The van der Waals surface area contributed by atoms with E-state index in [1.807, 2.05) is 54.6 Å². The molecule has 1 fully saturated rings. The van der Waals surface area contributed by atoms with Crippen molar-refractivity contribution in [1.29, 1.82) is 0 Å². The molecule has 1 aliphatic heterocycles. The second-order valence-electron chi connectivity index (χ2n) is 6.41. The Hall–Kier alpha value is -2.82. The average Bonchev–Trinajstić information content (AvgIpc) is 3.29. The van der Waals surface area contributed by atoms with Gasteiger partial charge in [0.05, 0.1) is 12.3 Å². The third-order valence-electron chi connectivity index (χ3n) is 5.30. The Morgan fingerprint density at radius 2 is 1.76 bits per heavy atom. The maximum absolute atomic E-state index is 13.1. The van der Waals surface area contributed by atoms with E-state index >= 15 is 0 Å². The van der Waals surface area contributed by atoms with Crippen molar-refractivity contribution in [3.05, 3.63) is 65.7 Å². The summed E-state index contributed by atoms with van der Waals surface area (Å²) in [5, 5.41) is 8.65. The number of esters is 1. The summed E-state index contributed by atoms with van der Waals surface area (Å²) in [4.78, 5) is 25.8. The highest BCUT2D eigenvalue weighted by Gasteiger charge is 2.87. The molecule has 4 rings (SSSR count). The van der Waals surface area contributed by atoms with E-state index in [2.05, 4.69) is 10.2 Å². The van der Waals surface area contributed by atoms with Gasteiger partial charge in [-0.15, -0.1) is 0 Å². The number of benzene rings is 2. The van der Waals surface area contributed by atoms with Crippen molar-refractivity contribution in [2.75, 3.05) is 6.61 Å². The third-order valence-corrected chi connectivity index (χ3v) is 5.30. The predicted octanol–water partition coefficient (Wildman–Crippen LogP) is 3.71. The molecule has 5 nitrogen and oxygen atoms in total. The van der Waals surface area contributed by atoms with Crippen molar-refractivity contribution in [1.82, 2.24) is 0 Å². The van der Waals surface area contributed by atoms with E-state index in [9.17, 15) is 9.59 Å². The van der Waals surface area contributed by atoms with Crippen LogP contribution in [0.1, 0.15) is 30.9 Å². The molecule has 2 aliphatic rings. The third kappa shape index (κ3) is 1.78. The van der Waals surface area contributed by atoms with Crippen LogP contribution in [0.15, 0.2) is 64.8 Å². The minimum Gasteiger partial charge on any atom is -0.465 e. The van der Waals surface area contributed by atoms with E-state index in [1.54, 1.807) is 6.92 Å². The fraction of sp³-hybridized carbons (Fsp3) is 0.300. The molecule has 1 aliphatic carbocycles. The Morgan fingerprint density at radius 1 is 1.08 bits per heavy atom. The number of rotatable bonds is 4. The lowest BCUT2D eigenvalue weighted by Crippen LogP contribution is -2.36. The van der Waals surface area contributed by atoms with Crippen molar-refractivity contribution in [2.45, 2.75) is 30.7 Å². The van der Waals surface area contributed by atoms with E-state index < -0.39 is 22.8 Å². The minimum absolute atomic E-state index is 0.173. The van der Waals surface area contributed by atoms with Crippen LogP contribution < -0.4 is 0 Å². The number of carbonyl (C=O) groups excluding carboxylic acids is 2. The molecule has 3 atom stereocenters. The fourth-order valence-electron chi connectivity index (χ4n) is 4.29. The first kappa shape index (κ1) is 15.7. The van der Waals surface area contributed by atoms with Gasteiger partial charge in [-0.25, -0.2) is 0 Å². The number of hydrogen-bond donors (Lipinski definition) is 0. The highest BCUT2D eigenvalue weighted by molar-refractivity contribution is 6.09. The standard InChI is InChI=1S/C20H18N2O3/c1-3-25-18(24)19(14-9-5-4-6-10-14)17-15-11-7-8-12-16(15)21-22-20(17,19)13(2)23/h4-12,17H,3H2,1-2H3/t17?,19-,20?/m1/s1. The molecule has 2 aromatic rings. The molecule has 0 amide bonds. The Labute approximate surface area is 145 Å². The number of nitrogens with zero attached hydrogens (tertiary/aromatic N) is 2. The van der Waals surface area contributed by atoms with Gasteiger partial charge in [0.15, 0.2) is 11.3 Å². The van der Waals surface area contributed by atoms with Gasteiger partial charge in [-0.3, -0.25) is 9.59 Å². The summed E-state index contributed by atoms with van der Waals surface area (Å²) >= 11 is 0. The van der Waals surface area contributed by atoms with Crippen LogP contribution in [0.25, 0.3) is 0 Å². The summed E-state index contributed by atoms with van der Waals surface area (Å²) in [5.74, 6) is -0.989. The predicted molar refractivity (Wildman–Crippen MR) is 91.9 cm³/mol. The van der Waals surface area contributed by atoms with Gasteiger partial charge in [-0.2, -0.15) is 10.2 Å². The summed E-state index contributed by atoms with van der Waals surface area (Å²) in [6.07, 6.45) is 0. The quantitative estimate of drug-likeness (QED) is 0.800. The molecule has 0 bridgehead atoms. The Balaban J connectivity index is 2.01. The average molecular weight is 334 g/mol. The first-order valence-electron chi connectivity index (χ1n) is 8.36. The lowest BCUT2D eigenvalue weighted by Gasteiger charge is -2.19. The van der Waals surface area contributed by atoms with Crippen molar-refractivity contribution in [2.24, 2.45) is 10.2 Å². The summed E-state index contributed by atoms with van der Waals surface area (Å²) < 4.78 is 5.41. The molecule has 2 unspecified atom stereocenters. The van der Waals surface area contributed by atoms with Crippen molar-refractivity contribution < 1.29 is 14.3 Å². The summed E-state index contributed by atoms with van der Waals surface area (Å²) in [7, 11) is 0. The number of fused-ring (bicyclic) bond motifs is 3. The van der Waals surface area contributed by atoms with Gasteiger partial charge in [-0.05, 0) is 31.0 Å². The van der Waals surface area contributed by atoms with Crippen molar-refractivity contribution in [3.8, 4) is 0 Å². The first-order valence-corrected chi connectivity index (χ1v) is 8.36. The first-order chi connectivity index (χ1) is 12.1. The number of carbonyl (C=O) groups is 2. The van der Waals surface area contributed by atoms with E-state index in [-0.39, 0.29) is 12.4 Å². The topological polar surface area (TPSA) is 68.1 Å². The lowest BCUT2D eigenvalue weighted by molar-refractivity contribution is -0.147. The van der Waals surface area contributed by atoms with Crippen LogP contribution >= 0.6 is 0 Å². The maximum atomic E-state index is 13.1. The zero-order valence-corrected chi connectivity index (χ0v) is 14.1. The Morgan fingerprint density at radius 3 is 2.44 bits per heavy atom. The van der Waals surface area contributed by atoms with Crippen LogP contribution in [0.2, 0.25) is 0 Å². The van der Waals surface area contributed by atoms with Gasteiger partial charge in [0.1, 0.15) is 5.41 Å². The molecular formula is C20H18N2O3. The van der Waals surface area contributed by atoms with Crippen LogP contribution in [0, 0.1) is 0 Å².